The molecule has 0 spiro atoms. The molecule has 0 aliphatic carbocycles. The molecule has 3 N–H and O–H groups in total. The minimum Gasteiger partial charge on any atom is -0.480 e. The Balaban J connectivity index is 2.46. The lowest BCUT2D eigenvalue weighted by atomic mass is 10.1. The Bertz CT molecular complexity index is 1180. The van der Waals surface area contributed by atoms with Crippen LogP contribution in [0.1, 0.15) is 15.9 Å². The highest BCUT2D eigenvalue weighted by Gasteiger charge is 2.34. The number of nitrogens with zero attached hydrogens (tertiary/aromatic N) is 2. The number of aliphatic carboxylic acids is 1. The number of sulfone groups is 1. The number of carbonyl (C=O) groups is 2. The van der Waals surface area contributed by atoms with Crippen molar-refractivity contribution < 1.29 is 42.5 Å². The standard InChI is InChI=1S/C17H14FN3O10S/c18-11-3-1-2-9(4-11)7-32(30,31)8-12(17(24)25)19-15-13(20(26)27)5-10(16(22)23)6-14(15)21(28)29/h1-6,12,19H,7-8H2,(H,22,23)(H,24,25)/t12-/m0/s1. The summed E-state index contributed by atoms with van der Waals surface area (Å²) in [6, 6.07) is 3.36. The Morgan fingerprint density at radius 3 is 2.06 bits per heavy atom. The molecule has 0 heterocycles. The van der Waals surface area contributed by atoms with Crippen LogP contribution in [0.5, 0.6) is 0 Å². The van der Waals surface area contributed by atoms with E-state index in [0.29, 0.717) is 12.1 Å². The van der Waals surface area contributed by atoms with Crippen LogP contribution in [0.25, 0.3) is 0 Å². The van der Waals surface area contributed by atoms with Crippen LogP contribution in [0.4, 0.5) is 21.5 Å². The maximum atomic E-state index is 13.3. The Hall–Kier alpha value is -4.14. The van der Waals surface area contributed by atoms with Crippen LogP contribution in [-0.4, -0.2) is 52.2 Å². The number of benzene rings is 2. The first kappa shape index (κ1) is 24.1. The lowest BCUT2D eigenvalue weighted by molar-refractivity contribution is -0.392. The highest BCUT2D eigenvalue weighted by atomic mass is 32.2. The quantitative estimate of drug-likeness (QED) is 0.336. The number of carboxylic acid groups (broad SMARTS) is 2. The number of aromatic carboxylic acids is 1. The minimum absolute atomic E-state index is 0.0110. The summed E-state index contributed by atoms with van der Waals surface area (Å²) in [4.78, 5) is 43.0. The maximum absolute atomic E-state index is 13.3. The zero-order chi connectivity index (χ0) is 24.2. The predicted molar refractivity (Wildman–Crippen MR) is 106 cm³/mol. The van der Waals surface area contributed by atoms with Crippen molar-refractivity contribution in [3.63, 3.8) is 0 Å². The summed E-state index contributed by atoms with van der Waals surface area (Å²) >= 11 is 0. The molecule has 2 rings (SSSR count). The van der Waals surface area contributed by atoms with Gasteiger partial charge in [-0.1, -0.05) is 12.1 Å². The van der Waals surface area contributed by atoms with Crippen LogP contribution in [0, 0.1) is 26.0 Å². The topological polar surface area (TPSA) is 207 Å². The van der Waals surface area contributed by atoms with Crippen molar-refractivity contribution in [2.75, 3.05) is 11.1 Å². The Morgan fingerprint density at radius 2 is 1.62 bits per heavy atom. The maximum Gasteiger partial charge on any atom is 0.336 e. The Morgan fingerprint density at radius 1 is 1.06 bits per heavy atom. The largest absolute Gasteiger partial charge is 0.480 e. The lowest BCUT2D eigenvalue weighted by Crippen LogP contribution is -2.37. The third-order valence-electron chi connectivity index (χ3n) is 4.05. The van der Waals surface area contributed by atoms with Gasteiger partial charge < -0.3 is 15.5 Å². The first-order valence-electron chi connectivity index (χ1n) is 8.45. The molecule has 0 saturated carbocycles. The van der Waals surface area contributed by atoms with Gasteiger partial charge in [-0.3, -0.25) is 20.2 Å². The number of rotatable bonds is 10. The molecular formula is C17H14FN3O10S. The summed E-state index contributed by atoms with van der Waals surface area (Å²) in [5.74, 6) is -6.17. The van der Waals surface area contributed by atoms with E-state index in [4.69, 9.17) is 5.11 Å². The highest BCUT2D eigenvalue weighted by molar-refractivity contribution is 7.90. The van der Waals surface area contributed by atoms with E-state index in [0.717, 1.165) is 12.1 Å². The third-order valence-corrected chi connectivity index (χ3v) is 5.66. The molecule has 2 aromatic carbocycles. The van der Waals surface area contributed by atoms with E-state index in [1.807, 2.05) is 5.32 Å². The monoisotopic (exact) mass is 471 g/mol. The van der Waals surface area contributed by atoms with E-state index >= 15 is 0 Å². The average Bonchev–Trinajstić information content (AvgIpc) is 2.66. The van der Waals surface area contributed by atoms with Crippen LogP contribution in [-0.2, 0) is 20.4 Å². The summed E-state index contributed by atoms with van der Waals surface area (Å²) in [5.41, 5.74) is -4.04. The SMILES string of the molecule is O=C(O)c1cc([N+](=O)[O-])c(N[C@@H](CS(=O)(=O)Cc2cccc(F)c2)C(=O)O)c([N+](=O)[O-])c1. The van der Waals surface area contributed by atoms with Gasteiger partial charge in [0.2, 0.25) is 0 Å². The first-order chi connectivity index (χ1) is 14.8. The summed E-state index contributed by atoms with van der Waals surface area (Å²) < 4.78 is 38.1. The second kappa shape index (κ2) is 9.34. The number of nitro benzene ring substituents is 2. The first-order valence-corrected chi connectivity index (χ1v) is 10.3. The fourth-order valence-corrected chi connectivity index (χ4v) is 4.25. The van der Waals surface area contributed by atoms with Crippen molar-refractivity contribution in [1.29, 1.82) is 0 Å². The predicted octanol–water partition coefficient (Wildman–Crippen LogP) is 1.82. The van der Waals surface area contributed by atoms with Crippen LogP contribution in [0.2, 0.25) is 0 Å². The van der Waals surface area contributed by atoms with Crippen molar-refractivity contribution in [3.8, 4) is 0 Å². The minimum atomic E-state index is -4.25. The smallest absolute Gasteiger partial charge is 0.336 e. The molecule has 1 atom stereocenters. The molecule has 170 valence electrons. The van der Waals surface area contributed by atoms with E-state index in [1.54, 1.807) is 0 Å². The van der Waals surface area contributed by atoms with Crippen LogP contribution >= 0.6 is 0 Å². The number of nitro groups is 2. The number of hydrogen-bond donors (Lipinski definition) is 3. The molecule has 0 aliphatic rings. The van der Waals surface area contributed by atoms with E-state index in [-0.39, 0.29) is 5.56 Å². The normalized spacial score (nSPS) is 12.0. The van der Waals surface area contributed by atoms with Gasteiger partial charge in [0.05, 0.1) is 26.9 Å². The highest BCUT2D eigenvalue weighted by Crippen LogP contribution is 2.36. The molecule has 0 saturated heterocycles. The Kier molecular flexibility index (Phi) is 7.04. The molecular weight excluding hydrogens is 457 g/mol. The van der Waals surface area contributed by atoms with E-state index in [1.165, 1.54) is 12.1 Å². The molecule has 32 heavy (non-hydrogen) atoms. The molecule has 0 amide bonds. The van der Waals surface area contributed by atoms with Crippen molar-refractivity contribution in [2.45, 2.75) is 11.8 Å². The lowest BCUT2D eigenvalue weighted by Gasteiger charge is -2.16. The molecule has 0 bridgehead atoms. The molecule has 0 aliphatic heterocycles. The van der Waals surface area contributed by atoms with E-state index in [9.17, 15) is 47.7 Å². The second-order valence-electron chi connectivity index (χ2n) is 6.43. The number of carboxylic acids is 2. The fourth-order valence-electron chi connectivity index (χ4n) is 2.71. The summed E-state index contributed by atoms with van der Waals surface area (Å²) in [5, 5.41) is 43.0. The number of halogens is 1. The van der Waals surface area contributed by atoms with Gasteiger partial charge in [-0.2, -0.15) is 0 Å². The van der Waals surface area contributed by atoms with Gasteiger partial charge in [-0.25, -0.2) is 22.4 Å². The molecule has 15 heteroatoms. The van der Waals surface area contributed by atoms with Gasteiger partial charge in [0.25, 0.3) is 11.4 Å². The van der Waals surface area contributed by atoms with Gasteiger partial charge in [-0.05, 0) is 17.7 Å². The van der Waals surface area contributed by atoms with Gasteiger partial charge in [0.1, 0.15) is 11.9 Å². The molecule has 13 nitrogen and oxygen atoms in total. The van der Waals surface area contributed by atoms with Crippen LogP contribution < -0.4 is 5.32 Å². The molecule has 0 aromatic heterocycles. The van der Waals surface area contributed by atoms with Crippen molar-refractivity contribution >= 4 is 38.8 Å². The number of nitrogens with one attached hydrogen (secondary N) is 1. The second-order valence-corrected chi connectivity index (χ2v) is 8.54. The van der Waals surface area contributed by atoms with Crippen molar-refractivity contribution in [2.24, 2.45) is 0 Å². The molecule has 2 aromatic rings. The zero-order valence-electron chi connectivity index (χ0n) is 15.8. The molecule has 0 fully saturated rings. The number of hydrogen-bond acceptors (Lipinski definition) is 9. The van der Waals surface area contributed by atoms with Crippen LogP contribution in [0.3, 0.4) is 0 Å². The van der Waals surface area contributed by atoms with E-state index < -0.39 is 77.6 Å². The third kappa shape index (κ3) is 5.94. The van der Waals surface area contributed by atoms with Crippen molar-refractivity contribution in [3.05, 3.63) is 73.6 Å². The van der Waals surface area contributed by atoms with E-state index in [2.05, 4.69) is 0 Å². The zero-order valence-corrected chi connectivity index (χ0v) is 16.6. The fraction of sp³-hybridized carbons (Fsp3) is 0.176. The van der Waals surface area contributed by atoms with Gasteiger partial charge in [-0.15, -0.1) is 0 Å². The summed E-state index contributed by atoms with van der Waals surface area (Å²) in [6.07, 6.45) is 0. The molecule has 0 unspecified atom stereocenters. The van der Waals surface area contributed by atoms with Gasteiger partial charge >= 0.3 is 11.9 Å². The van der Waals surface area contributed by atoms with Crippen LogP contribution in [0.15, 0.2) is 36.4 Å². The van der Waals surface area contributed by atoms with Gasteiger partial charge in [0, 0.05) is 12.1 Å². The average molecular weight is 471 g/mol. The summed E-state index contributed by atoms with van der Waals surface area (Å²) in [7, 11) is -4.25. The van der Waals surface area contributed by atoms with Gasteiger partial charge in [0.15, 0.2) is 15.5 Å². The molecule has 0 radical (unpaired) electrons. The Labute approximate surface area is 178 Å². The van der Waals surface area contributed by atoms with Crippen molar-refractivity contribution in [1.82, 2.24) is 0 Å². The summed E-state index contributed by atoms with van der Waals surface area (Å²) in [6.45, 7) is 0. The number of anilines is 1.